The molecule has 0 N–H and O–H groups in total. The van der Waals surface area contributed by atoms with Crippen LogP contribution in [-0.2, 0) is 9.53 Å². The molecule has 0 atom stereocenters. The van der Waals surface area contributed by atoms with Gasteiger partial charge in [0, 0.05) is 0 Å². The summed E-state index contributed by atoms with van der Waals surface area (Å²) in [4.78, 5) is 10.9. The molecule has 0 aromatic rings. The highest BCUT2D eigenvalue weighted by atomic mass is 16.5. The van der Waals surface area contributed by atoms with Crippen molar-refractivity contribution >= 4 is 5.97 Å². The zero-order valence-electron chi connectivity index (χ0n) is 14.1. The Hall–Kier alpha value is -1.05. The molecule has 21 heavy (non-hydrogen) atoms. The van der Waals surface area contributed by atoms with Crippen LogP contribution in [0.4, 0.5) is 0 Å². The summed E-state index contributed by atoms with van der Waals surface area (Å²) >= 11 is 0. The minimum Gasteiger partial charge on any atom is -0.469 e. The normalized spacial score (nSPS) is 11.5. The van der Waals surface area contributed by atoms with Gasteiger partial charge in [0.25, 0.3) is 0 Å². The van der Waals surface area contributed by atoms with Gasteiger partial charge >= 0.3 is 5.97 Å². The van der Waals surface area contributed by atoms with Gasteiger partial charge in [-0.2, -0.15) is 0 Å². The van der Waals surface area contributed by atoms with Crippen molar-refractivity contribution in [3.63, 3.8) is 0 Å². The van der Waals surface area contributed by atoms with Gasteiger partial charge in [-0.3, -0.25) is 4.79 Å². The monoisotopic (exact) mass is 294 g/mol. The summed E-state index contributed by atoms with van der Waals surface area (Å²) in [6.07, 6.45) is 23.2. The van der Waals surface area contributed by atoms with Crippen LogP contribution >= 0.6 is 0 Å². The van der Waals surface area contributed by atoms with Crippen LogP contribution in [0.1, 0.15) is 84.0 Å². The average molecular weight is 294 g/mol. The lowest BCUT2D eigenvalue weighted by Crippen LogP contribution is -1.96. The van der Waals surface area contributed by atoms with Gasteiger partial charge < -0.3 is 4.74 Å². The minimum absolute atomic E-state index is 0.176. The van der Waals surface area contributed by atoms with Crippen LogP contribution in [0.15, 0.2) is 24.3 Å². The van der Waals surface area contributed by atoms with Crippen LogP contribution in [0.25, 0.3) is 0 Å². The Morgan fingerprint density at radius 2 is 1.38 bits per heavy atom. The first-order valence-corrected chi connectivity index (χ1v) is 8.68. The molecule has 0 rings (SSSR count). The predicted molar refractivity (Wildman–Crippen MR) is 91.4 cm³/mol. The first-order chi connectivity index (χ1) is 10.3. The SMILES string of the molecule is CCCCCCCCCCC/C=C/C/C=C/CC(=O)OC. The Balaban J connectivity index is 3.20. The minimum atomic E-state index is -0.176. The van der Waals surface area contributed by atoms with Crippen molar-refractivity contribution in [1.29, 1.82) is 0 Å². The number of methoxy groups -OCH3 is 1. The van der Waals surface area contributed by atoms with E-state index in [-0.39, 0.29) is 5.97 Å². The van der Waals surface area contributed by atoms with Gasteiger partial charge in [0.05, 0.1) is 13.5 Å². The molecule has 0 fully saturated rings. The maximum atomic E-state index is 10.9. The van der Waals surface area contributed by atoms with E-state index in [0.717, 1.165) is 6.42 Å². The Morgan fingerprint density at radius 1 is 0.810 bits per heavy atom. The van der Waals surface area contributed by atoms with E-state index < -0.39 is 0 Å². The fraction of sp³-hybridized carbons (Fsp3) is 0.737. The number of hydrogen-bond donors (Lipinski definition) is 0. The second kappa shape index (κ2) is 17.0. The van der Waals surface area contributed by atoms with Gasteiger partial charge in [-0.15, -0.1) is 0 Å². The van der Waals surface area contributed by atoms with E-state index in [1.54, 1.807) is 0 Å². The standard InChI is InChI=1S/C19H34O2/c1-3-4-5-6-7-8-9-10-11-12-13-14-15-16-17-18-19(20)21-2/h13-14,16-17H,3-12,15,18H2,1-2H3/b14-13+,17-16+. The molecular formula is C19H34O2. The zero-order valence-corrected chi connectivity index (χ0v) is 14.1. The number of carbonyl (C=O) groups excluding carboxylic acids is 1. The van der Waals surface area contributed by atoms with E-state index in [9.17, 15) is 4.79 Å². The van der Waals surface area contributed by atoms with E-state index in [2.05, 4.69) is 23.8 Å². The van der Waals surface area contributed by atoms with Gasteiger partial charge in [0.2, 0.25) is 0 Å². The lowest BCUT2D eigenvalue weighted by atomic mass is 10.1. The van der Waals surface area contributed by atoms with Crippen LogP contribution in [0.5, 0.6) is 0 Å². The molecule has 0 aromatic heterocycles. The second-order valence-electron chi connectivity index (χ2n) is 5.58. The molecule has 0 radical (unpaired) electrons. The highest BCUT2D eigenvalue weighted by Gasteiger charge is 1.92. The van der Waals surface area contributed by atoms with Crippen molar-refractivity contribution in [1.82, 2.24) is 0 Å². The molecule has 0 saturated carbocycles. The summed E-state index contributed by atoms with van der Waals surface area (Å²) in [7, 11) is 1.42. The quantitative estimate of drug-likeness (QED) is 0.224. The van der Waals surface area contributed by atoms with Crippen LogP contribution in [0.3, 0.4) is 0 Å². The second-order valence-corrected chi connectivity index (χ2v) is 5.58. The number of ether oxygens (including phenoxy) is 1. The summed E-state index contributed by atoms with van der Waals surface area (Å²) in [5, 5.41) is 0. The molecule has 0 amide bonds. The van der Waals surface area contributed by atoms with E-state index in [1.165, 1.54) is 71.3 Å². The Morgan fingerprint density at radius 3 is 2.00 bits per heavy atom. The van der Waals surface area contributed by atoms with Crippen LogP contribution in [0, 0.1) is 0 Å². The third kappa shape index (κ3) is 16.9. The number of allylic oxidation sites excluding steroid dienone is 3. The summed E-state index contributed by atoms with van der Waals surface area (Å²) < 4.78 is 4.56. The highest BCUT2D eigenvalue weighted by molar-refractivity contribution is 5.70. The lowest BCUT2D eigenvalue weighted by molar-refractivity contribution is -0.139. The Labute approximate surface area is 131 Å². The van der Waals surface area contributed by atoms with E-state index in [1.807, 2.05) is 12.2 Å². The summed E-state index contributed by atoms with van der Waals surface area (Å²) in [6.45, 7) is 2.27. The van der Waals surface area contributed by atoms with Crippen molar-refractivity contribution in [2.75, 3.05) is 7.11 Å². The molecule has 2 heteroatoms. The highest BCUT2D eigenvalue weighted by Crippen LogP contribution is 2.10. The molecule has 122 valence electrons. The van der Waals surface area contributed by atoms with Crippen molar-refractivity contribution < 1.29 is 9.53 Å². The smallest absolute Gasteiger partial charge is 0.309 e. The van der Waals surface area contributed by atoms with Gasteiger partial charge in [0.1, 0.15) is 0 Å². The maximum Gasteiger partial charge on any atom is 0.309 e. The van der Waals surface area contributed by atoms with Crippen molar-refractivity contribution in [2.45, 2.75) is 84.0 Å². The molecule has 0 heterocycles. The molecule has 0 aromatic carbocycles. The van der Waals surface area contributed by atoms with Crippen LogP contribution in [-0.4, -0.2) is 13.1 Å². The average Bonchev–Trinajstić information content (AvgIpc) is 2.50. The molecule has 0 spiro atoms. The van der Waals surface area contributed by atoms with E-state index in [0.29, 0.717) is 6.42 Å². The summed E-state index contributed by atoms with van der Waals surface area (Å²) in [5.74, 6) is -0.176. The van der Waals surface area contributed by atoms with Crippen LogP contribution in [0.2, 0.25) is 0 Å². The number of carbonyl (C=O) groups is 1. The topological polar surface area (TPSA) is 26.3 Å². The molecule has 2 nitrogen and oxygen atoms in total. The lowest BCUT2D eigenvalue weighted by Gasteiger charge is -2.00. The van der Waals surface area contributed by atoms with Crippen molar-refractivity contribution in [3.05, 3.63) is 24.3 Å². The van der Waals surface area contributed by atoms with Gasteiger partial charge in [-0.05, 0) is 19.3 Å². The number of hydrogen-bond acceptors (Lipinski definition) is 2. The molecule has 0 saturated heterocycles. The fourth-order valence-corrected chi connectivity index (χ4v) is 2.22. The number of unbranched alkanes of at least 4 members (excludes halogenated alkanes) is 9. The molecular weight excluding hydrogens is 260 g/mol. The zero-order chi connectivity index (χ0) is 15.6. The number of rotatable bonds is 14. The fourth-order valence-electron chi connectivity index (χ4n) is 2.22. The van der Waals surface area contributed by atoms with Crippen LogP contribution < -0.4 is 0 Å². The third-order valence-corrected chi connectivity index (χ3v) is 3.59. The van der Waals surface area contributed by atoms with Crippen molar-refractivity contribution in [2.24, 2.45) is 0 Å². The first-order valence-electron chi connectivity index (χ1n) is 8.68. The van der Waals surface area contributed by atoms with Crippen molar-refractivity contribution in [3.8, 4) is 0 Å². The maximum absolute atomic E-state index is 10.9. The summed E-state index contributed by atoms with van der Waals surface area (Å²) in [6, 6.07) is 0. The Bertz CT molecular complexity index is 279. The largest absolute Gasteiger partial charge is 0.469 e. The summed E-state index contributed by atoms with van der Waals surface area (Å²) in [5.41, 5.74) is 0. The molecule has 0 aliphatic heterocycles. The molecule has 0 aliphatic carbocycles. The molecule has 0 bridgehead atoms. The number of esters is 1. The van der Waals surface area contributed by atoms with E-state index >= 15 is 0 Å². The van der Waals surface area contributed by atoms with Gasteiger partial charge in [-0.1, -0.05) is 82.6 Å². The molecule has 0 unspecified atom stereocenters. The molecule has 0 aliphatic rings. The predicted octanol–water partition coefficient (Wildman–Crippen LogP) is 5.97. The third-order valence-electron chi connectivity index (χ3n) is 3.59. The first kappa shape index (κ1) is 19.9. The van der Waals surface area contributed by atoms with Gasteiger partial charge in [0.15, 0.2) is 0 Å². The van der Waals surface area contributed by atoms with Gasteiger partial charge in [-0.25, -0.2) is 0 Å². The Kier molecular flexibility index (Phi) is 16.2. The van der Waals surface area contributed by atoms with E-state index in [4.69, 9.17) is 0 Å².